The highest BCUT2D eigenvalue weighted by Gasteiger charge is 2.32. The Morgan fingerprint density at radius 2 is 1.38 bits per heavy atom. The average Bonchev–Trinajstić information content (AvgIpc) is 2.25. The zero-order chi connectivity index (χ0) is 12.9. The molecule has 0 aromatic heterocycles. The summed E-state index contributed by atoms with van der Waals surface area (Å²) in [5.74, 6) is -3.11. The Morgan fingerprint density at radius 3 is 1.75 bits per heavy atom. The van der Waals surface area contributed by atoms with Gasteiger partial charge in [0.15, 0.2) is 0 Å². The first kappa shape index (κ1) is 14.9. The van der Waals surface area contributed by atoms with Gasteiger partial charge in [-0.1, -0.05) is 0 Å². The fraction of sp³-hybridized carbons (Fsp3) is 0.750. The number of aliphatic carboxylic acids is 1. The molecule has 4 atom stereocenters. The first-order chi connectivity index (χ1) is 7.31. The van der Waals surface area contributed by atoms with E-state index in [4.69, 9.17) is 25.5 Å². The number of aliphatic hydroxyl groups is 5. The minimum atomic E-state index is -1.93. The standard InChI is InChI=1S/C8H14O8/c9-2-5(12)7(14)6(13)3(10)1-4(11)8(15)16/h3,5-7,9-10,12-14H,1-2H2,(H,15,16)/t3-,5?,6-,7?/m1/s1. The molecule has 0 saturated heterocycles. The minimum Gasteiger partial charge on any atom is -0.475 e. The third-order valence-electron chi connectivity index (χ3n) is 1.96. The number of carbonyl (C=O) groups is 2. The van der Waals surface area contributed by atoms with Crippen LogP contribution in [0, 0.1) is 0 Å². The molecule has 0 heterocycles. The molecule has 0 aliphatic heterocycles. The summed E-state index contributed by atoms with van der Waals surface area (Å²) in [5.41, 5.74) is 0. The monoisotopic (exact) mass is 238 g/mol. The van der Waals surface area contributed by atoms with E-state index in [-0.39, 0.29) is 0 Å². The lowest BCUT2D eigenvalue weighted by atomic mass is 9.99. The van der Waals surface area contributed by atoms with Gasteiger partial charge in [-0.25, -0.2) is 4.79 Å². The molecule has 8 heteroatoms. The van der Waals surface area contributed by atoms with Gasteiger partial charge in [0.1, 0.15) is 18.3 Å². The molecule has 2 unspecified atom stereocenters. The molecule has 0 saturated carbocycles. The van der Waals surface area contributed by atoms with Crippen LogP contribution >= 0.6 is 0 Å². The SMILES string of the molecule is O=C(O)C(=O)C[C@@H](O)[C@@H](O)C(O)C(O)CO. The predicted octanol–water partition coefficient (Wildman–Crippen LogP) is -3.53. The van der Waals surface area contributed by atoms with E-state index in [0.29, 0.717) is 0 Å². The second-order valence-corrected chi connectivity index (χ2v) is 3.23. The summed E-state index contributed by atoms with van der Waals surface area (Å²) in [6.07, 6.45) is -8.22. The van der Waals surface area contributed by atoms with E-state index >= 15 is 0 Å². The summed E-state index contributed by atoms with van der Waals surface area (Å²) < 4.78 is 0. The Kier molecular flexibility index (Phi) is 6.08. The maximum absolute atomic E-state index is 10.7. The highest BCUT2D eigenvalue weighted by molar-refractivity contribution is 6.32. The molecule has 0 aliphatic carbocycles. The Morgan fingerprint density at radius 1 is 0.938 bits per heavy atom. The van der Waals surface area contributed by atoms with Crippen molar-refractivity contribution in [2.75, 3.05) is 6.61 Å². The Labute approximate surface area is 90.4 Å². The first-order valence-corrected chi connectivity index (χ1v) is 4.40. The molecule has 0 amide bonds. The van der Waals surface area contributed by atoms with Gasteiger partial charge >= 0.3 is 5.97 Å². The lowest BCUT2D eigenvalue weighted by molar-refractivity contribution is -0.153. The van der Waals surface area contributed by atoms with Crippen LogP contribution in [0.2, 0.25) is 0 Å². The maximum Gasteiger partial charge on any atom is 0.372 e. The quantitative estimate of drug-likeness (QED) is 0.249. The highest BCUT2D eigenvalue weighted by atomic mass is 16.4. The molecule has 8 nitrogen and oxygen atoms in total. The minimum absolute atomic E-state index is 0.849. The van der Waals surface area contributed by atoms with Gasteiger partial charge in [-0.3, -0.25) is 4.79 Å². The number of hydrogen-bond acceptors (Lipinski definition) is 7. The third kappa shape index (κ3) is 4.21. The summed E-state index contributed by atoms with van der Waals surface area (Å²) >= 11 is 0. The molecule has 0 aromatic rings. The van der Waals surface area contributed by atoms with Crippen molar-refractivity contribution < 1.29 is 40.2 Å². The van der Waals surface area contributed by atoms with Crippen molar-refractivity contribution in [3.05, 3.63) is 0 Å². The Bertz CT molecular complexity index is 252. The van der Waals surface area contributed by atoms with Crippen LogP contribution in [-0.2, 0) is 9.59 Å². The third-order valence-corrected chi connectivity index (χ3v) is 1.96. The zero-order valence-corrected chi connectivity index (χ0v) is 8.22. The normalized spacial score (nSPS) is 18.6. The Balaban J connectivity index is 4.32. The van der Waals surface area contributed by atoms with Crippen LogP contribution in [0.3, 0.4) is 0 Å². The van der Waals surface area contributed by atoms with Crippen LogP contribution in [0.5, 0.6) is 0 Å². The van der Waals surface area contributed by atoms with Crippen LogP contribution in [0.25, 0.3) is 0 Å². The molecular formula is C8H14O8. The number of rotatable bonds is 7. The number of ketones is 1. The molecule has 0 rings (SSSR count). The molecular weight excluding hydrogens is 224 g/mol. The second-order valence-electron chi connectivity index (χ2n) is 3.23. The van der Waals surface area contributed by atoms with E-state index in [2.05, 4.69) is 0 Å². The molecule has 16 heavy (non-hydrogen) atoms. The van der Waals surface area contributed by atoms with Gasteiger partial charge in [0, 0.05) is 6.42 Å². The van der Waals surface area contributed by atoms with Gasteiger partial charge in [-0.15, -0.1) is 0 Å². The smallest absolute Gasteiger partial charge is 0.372 e. The van der Waals surface area contributed by atoms with Crippen LogP contribution in [0.4, 0.5) is 0 Å². The van der Waals surface area contributed by atoms with E-state index in [0.717, 1.165) is 0 Å². The van der Waals surface area contributed by atoms with Crippen LogP contribution in [0.15, 0.2) is 0 Å². The summed E-state index contributed by atoms with van der Waals surface area (Å²) in [5, 5.41) is 53.1. The molecule has 0 aliphatic rings. The fourth-order valence-corrected chi connectivity index (χ4v) is 0.961. The molecule has 0 aromatic carbocycles. The van der Waals surface area contributed by atoms with Gasteiger partial charge < -0.3 is 30.6 Å². The number of Topliss-reactive ketones (excluding diaryl/α,β-unsaturated/α-hetero) is 1. The van der Waals surface area contributed by atoms with E-state index in [1.54, 1.807) is 0 Å². The van der Waals surface area contributed by atoms with Crippen molar-refractivity contribution in [1.29, 1.82) is 0 Å². The van der Waals surface area contributed by atoms with Crippen LogP contribution in [-0.4, -0.2) is 73.4 Å². The summed E-state index contributed by atoms with van der Waals surface area (Å²) in [6, 6.07) is 0. The zero-order valence-electron chi connectivity index (χ0n) is 8.22. The second kappa shape index (κ2) is 6.51. The topological polar surface area (TPSA) is 156 Å². The number of carboxylic acids is 1. The summed E-state index contributed by atoms with van der Waals surface area (Å²) in [7, 11) is 0. The fourth-order valence-electron chi connectivity index (χ4n) is 0.961. The molecule has 0 radical (unpaired) electrons. The summed E-state index contributed by atoms with van der Waals surface area (Å²) in [4.78, 5) is 20.8. The number of carbonyl (C=O) groups excluding carboxylic acids is 1. The average molecular weight is 238 g/mol. The summed E-state index contributed by atoms with van der Waals surface area (Å²) in [6.45, 7) is -0.849. The first-order valence-electron chi connectivity index (χ1n) is 4.40. The van der Waals surface area contributed by atoms with Crippen molar-refractivity contribution in [1.82, 2.24) is 0 Å². The van der Waals surface area contributed by atoms with Gasteiger partial charge in [-0.05, 0) is 0 Å². The van der Waals surface area contributed by atoms with Gasteiger partial charge in [-0.2, -0.15) is 0 Å². The van der Waals surface area contributed by atoms with Crippen LogP contribution < -0.4 is 0 Å². The van der Waals surface area contributed by atoms with Gasteiger partial charge in [0.05, 0.1) is 12.7 Å². The highest BCUT2D eigenvalue weighted by Crippen LogP contribution is 2.08. The van der Waals surface area contributed by atoms with E-state index in [9.17, 15) is 14.7 Å². The number of aliphatic hydroxyl groups excluding tert-OH is 5. The lowest BCUT2D eigenvalue weighted by Gasteiger charge is -2.24. The Hall–Kier alpha value is -1.06. The lowest BCUT2D eigenvalue weighted by Crippen LogP contribution is -2.46. The molecule has 6 N–H and O–H groups in total. The molecule has 0 spiro atoms. The van der Waals surface area contributed by atoms with Crippen molar-refractivity contribution in [2.45, 2.75) is 30.8 Å². The van der Waals surface area contributed by atoms with Crippen LogP contribution in [0.1, 0.15) is 6.42 Å². The molecule has 0 bridgehead atoms. The maximum atomic E-state index is 10.7. The van der Waals surface area contributed by atoms with E-state index in [1.807, 2.05) is 0 Å². The largest absolute Gasteiger partial charge is 0.475 e. The van der Waals surface area contributed by atoms with E-state index < -0.39 is 49.2 Å². The predicted molar refractivity (Wildman–Crippen MR) is 48.4 cm³/mol. The van der Waals surface area contributed by atoms with E-state index in [1.165, 1.54) is 0 Å². The van der Waals surface area contributed by atoms with Crippen molar-refractivity contribution in [3.8, 4) is 0 Å². The number of hydrogen-bond donors (Lipinski definition) is 6. The molecule has 94 valence electrons. The van der Waals surface area contributed by atoms with Crippen molar-refractivity contribution in [3.63, 3.8) is 0 Å². The van der Waals surface area contributed by atoms with Crippen molar-refractivity contribution >= 4 is 11.8 Å². The van der Waals surface area contributed by atoms with Gasteiger partial charge in [0.2, 0.25) is 5.78 Å². The van der Waals surface area contributed by atoms with Crippen molar-refractivity contribution in [2.24, 2.45) is 0 Å². The van der Waals surface area contributed by atoms with Gasteiger partial charge in [0.25, 0.3) is 0 Å². The molecule has 0 fully saturated rings. The number of carboxylic acid groups (broad SMARTS) is 1.